The van der Waals surface area contributed by atoms with Crippen LogP contribution in [0.3, 0.4) is 0 Å². The first-order valence-corrected chi connectivity index (χ1v) is 21.2. The topological polar surface area (TPSA) is 0 Å². The molecule has 0 N–H and O–H groups in total. The molecule has 0 heterocycles. The Morgan fingerprint density at radius 3 is 1.58 bits per heavy atom. The summed E-state index contributed by atoms with van der Waals surface area (Å²) < 4.78 is 3.68. The van der Waals surface area contributed by atoms with Crippen molar-refractivity contribution in [3.63, 3.8) is 0 Å². The van der Waals surface area contributed by atoms with E-state index < -0.39 is 0 Å². The fraction of sp³-hybridized carbons (Fsp3) is 0.362. The number of benzene rings is 2. The maximum absolute atomic E-state index is 3.46. The first kappa shape index (κ1) is 43.4. The van der Waals surface area contributed by atoms with E-state index in [-0.39, 0.29) is 62.7 Å². The summed E-state index contributed by atoms with van der Waals surface area (Å²) >= 11 is 7.96. The molecule has 0 spiro atoms. The molecule has 8 unspecified atom stereocenters. The predicted molar refractivity (Wildman–Crippen MR) is 217 cm³/mol. The minimum Gasteiger partial charge on any atom is -1.00 e. The summed E-state index contributed by atoms with van der Waals surface area (Å²) in [6.07, 6.45) is 39.3. The largest absolute Gasteiger partial charge is 1.00 e. The monoisotopic (exact) mass is 1020 g/mol. The van der Waals surface area contributed by atoms with Gasteiger partial charge in [0.25, 0.3) is 0 Å². The molecular formula is C47H50Br2Cl2Hf-2. The van der Waals surface area contributed by atoms with Gasteiger partial charge in [-0.1, -0.05) is 115 Å². The molecule has 0 nitrogen and oxygen atoms in total. The Morgan fingerprint density at radius 2 is 1.13 bits per heavy atom. The van der Waals surface area contributed by atoms with Crippen LogP contribution in [0.25, 0.3) is 0 Å². The molecule has 52 heavy (non-hydrogen) atoms. The molecule has 0 aromatic heterocycles. The Balaban J connectivity index is 0.000000221. The molecule has 0 aliphatic heterocycles. The SMILES string of the molecule is Brc1ccc([C](=[Hf+2])c2ccc(Br)cc2)cc1.CC1=CC=CC2[CH-]C3(C)C4(C)C=CC=CC4(C)C4(C)C=CC=CC4(C)C3(C)C12C.[C-]1=CC=CC1.[Cl-].[Cl-]. The summed E-state index contributed by atoms with van der Waals surface area (Å²) in [7, 11) is 0. The molecule has 2 saturated carbocycles. The van der Waals surface area contributed by atoms with E-state index in [1.54, 1.807) is 0 Å². The fourth-order valence-electron chi connectivity index (χ4n) is 11.0. The molecule has 2 aromatic carbocycles. The van der Waals surface area contributed by atoms with E-state index in [9.17, 15) is 0 Å². The number of allylic oxidation sites excluding steroid dienone is 16. The van der Waals surface area contributed by atoms with Crippen LogP contribution in [0.5, 0.6) is 0 Å². The van der Waals surface area contributed by atoms with Crippen LogP contribution in [0, 0.1) is 56.3 Å². The zero-order valence-corrected chi connectivity index (χ0v) is 39.9. The number of rotatable bonds is 2. The molecule has 8 rings (SSSR count). The average Bonchev–Trinajstić information content (AvgIpc) is 3.75. The van der Waals surface area contributed by atoms with Crippen molar-refractivity contribution in [1.82, 2.24) is 0 Å². The maximum atomic E-state index is 3.46. The second-order valence-electron chi connectivity index (χ2n) is 16.1. The van der Waals surface area contributed by atoms with Crippen LogP contribution in [0.2, 0.25) is 0 Å². The number of fused-ring (bicyclic) bond motifs is 8. The minimum atomic E-state index is 0. The molecule has 0 amide bonds. The standard InChI is InChI=1S/C29H37.C13H8Br2.C5H5.2ClH.Hf/c1-21-14-13-15-22-20-27(6)25(4)18-10-9-16-23(25,2)24(3)17-11-12-19-26(24,5)29(27,8)28(21,22)7;14-12-5-1-10(2-6-12)9-11-3-7-13(15)8-4-11;1-2-4-5-3-1;;;/h9-20,22H,1-8H3;1-8H;1-3H,4H2;2*1H;/q-1;;-1;;;+2/p-2. The predicted octanol–water partition coefficient (Wildman–Crippen LogP) is 7.29. The molecular weight excluding hydrogens is 974 g/mol. The van der Waals surface area contributed by atoms with Crippen molar-refractivity contribution >= 4 is 35.1 Å². The van der Waals surface area contributed by atoms with E-state index in [4.69, 9.17) is 0 Å². The quantitative estimate of drug-likeness (QED) is 0.219. The van der Waals surface area contributed by atoms with E-state index in [1.165, 1.54) is 20.0 Å². The van der Waals surface area contributed by atoms with Gasteiger partial charge in [-0.05, 0) is 28.6 Å². The smallest absolute Gasteiger partial charge is 0.00455 e. The average molecular weight is 1020 g/mol. The van der Waals surface area contributed by atoms with Gasteiger partial charge < -0.3 is 31.2 Å². The number of hydrogen-bond acceptors (Lipinski definition) is 0. The van der Waals surface area contributed by atoms with Gasteiger partial charge in [-0.2, -0.15) is 6.08 Å². The molecule has 8 atom stereocenters. The molecule has 2 fully saturated rings. The molecule has 0 radical (unpaired) electrons. The number of halogens is 4. The van der Waals surface area contributed by atoms with Crippen LogP contribution in [-0.2, 0) is 23.9 Å². The Morgan fingerprint density at radius 1 is 0.673 bits per heavy atom. The van der Waals surface area contributed by atoms with Gasteiger partial charge in [-0.15, -0.1) is 23.8 Å². The van der Waals surface area contributed by atoms with E-state index in [0.29, 0.717) is 5.92 Å². The molecule has 0 saturated heterocycles. The van der Waals surface area contributed by atoms with E-state index >= 15 is 0 Å². The van der Waals surface area contributed by atoms with E-state index in [1.807, 2.05) is 12.2 Å². The molecule has 272 valence electrons. The summed E-state index contributed by atoms with van der Waals surface area (Å²) in [5, 5.41) is 0. The zero-order chi connectivity index (χ0) is 36.2. The van der Waals surface area contributed by atoms with Gasteiger partial charge in [0, 0.05) is 10.8 Å². The van der Waals surface area contributed by atoms with Crippen molar-refractivity contribution in [3.8, 4) is 0 Å². The van der Waals surface area contributed by atoms with Crippen molar-refractivity contribution in [2.45, 2.75) is 61.8 Å². The molecule has 5 heteroatoms. The third-order valence-electron chi connectivity index (χ3n) is 14.9. The van der Waals surface area contributed by atoms with Gasteiger partial charge in [-0.25, -0.2) is 12.2 Å². The Bertz CT molecular complexity index is 1860. The van der Waals surface area contributed by atoms with Crippen LogP contribution in [0.15, 0.2) is 148 Å². The van der Waals surface area contributed by atoms with E-state index in [2.05, 4.69) is 221 Å². The van der Waals surface area contributed by atoms with Crippen molar-refractivity contribution in [2.24, 2.45) is 43.8 Å². The van der Waals surface area contributed by atoms with Gasteiger partial charge in [-0.3, -0.25) is 6.08 Å². The molecule has 2 aromatic rings. The third kappa shape index (κ3) is 6.00. The summed E-state index contributed by atoms with van der Waals surface area (Å²) in [6.45, 7) is 20.3. The van der Waals surface area contributed by atoms with Crippen molar-refractivity contribution in [2.75, 3.05) is 0 Å². The van der Waals surface area contributed by atoms with Crippen molar-refractivity contribution in [1.29, 1.82) is 0 Å². The summed E-state index contributed by atoms with van der Waals surface area (Å²) in [6, 6.07) is 17.0. The Hall–Kier alpha value is -1.36. The second kappa shape index (κ2) is 15.6. The summed E-state index contributed by atoms with van der Waals surface area (Å²) in [4.78, 5) is 0. The summed E-state index contributed by atoms with van der Waals surface area (Å²) in [5.74, 6) is 0.460. The molecule has 6 aliphatic rings. The molecule has 6 aliphatic carbocycles. The van der Waals surface area contributed by atoms with Crippen molar-refractivity contribution < 1.29 is 48.7 Å². The van der Waals surface area contributed by atoms with Crippen LogP contribution < -0.4 is 24.8 Å². The van der Waals surface area contributed by atoms with E-state index in [0.717, 1.165) is 39.3 Å². The molecule has 0 bridgehead atoms. The normalized spacial score (nSPS) is 37.8. The van der Waals surface area contributed by atoms with Gasteiger partial charge in [0.2, 0.25) is 0 Å². The zero-order valence-electron chi connectivity index (χ0n) is 31.6. The second-order valence-corrected chi connectivity index (χ2v) is 19.7. The van der Waals surface area contributed by atoms with Gasteiger partial charge in [0.15, 0.2) is 0 Å². The van der Waals surface area contributed by atoms with Crippen LogP contribution in [-0.4, -0.2) is 3.26 Å². The van der Waals surface area contributed by atoms with Crippen molar-refractivity contribution in [3.05, 3.63) is 172 Å². The van der Waals surface area contributed by atoms with Crippen LogP contribution in [0.1, 0.15) is 72.9 Å². The fourth-order valence-corrected chi connectivity index (χ4v) is 12.7. The number of hydrogen-bond donors (Lipinski definition) is 0. The first-order chi connectivity index (χ1) is 23.6. The van der Waals surface area contributed by atoms with Gasteiger partial charge >= 0.3 is 128 Å². The summed E-state index contributed by atoms with van der Waals surface area (Å²) in [5.41, 5.74) is 4.37. The maximum Gasteiger partial charge on any atom is 0.00455 e. The first-order valence-electron chi connectivity index (χ1n) is 17.8. The Labute approximate surface area is 358 Å². The third-order valence-corrected chi connectivity index (χ3v) is 18.0. The van der Waals surface area contributed by atoms with Gasteiger partial charge in [0.05, 0.1) is 0 Å². The van der Waals surface area contributed by atoms with Crippen LogP contribution in [0.4, 0.5) is 0 Å². The Kier molecular flexibility index (Phi) is 13.0. The van der Waals surface area contributed by atoms with Crippen LogP contribution >= 0.6 is 31.9 Å². The minimum absolute atomic E-state index is 0. The van der Waals surface area contributed by atoms with Gasteiger partial charge in [0.1, 0.15) is 0 Å².